The summed E-state index contributed by atoms with van der Waals surface area (Å²) >= 11 is 0. The Balaban J connectivity index is 2.04. The van der Waals surface area contributed by atoms with Crippen LogP contribution in [0, 0.1) is 12.8 Å². The molecule has 5 N–H and O–H groups in total. The number of aromatic hydroxyl groups is 2. The highest BCUT2D eigenvalue weighted by molar-refractivity contribution is 6.25. The maximum absolute atomic E-state index is 13.9. The average Bonchev–Trinajstić information content (AvgIpc) is 2.72. The summed E-state index contributed by atoms with van der Waals surface area (Å²) in [6.45, 7) is 6.80. The van der Waals surface area contributed by atoms with Crippen molar-refractivity contribution in [3.05, 3.63) is 46.2 Å². The van der Waals surface area contributed by atoms with E-state index in [1.807, 2.05) is 0 Å². The van der Waals surface area contributed by atoms with Crippen LogP contribution < -0.4 is 5.32 Å². The monoisotopic (exact) mass is 482 g/mol. The van der Waals surface area contributed by atoms with Gasteiger partial charge in [0, 0.05) is 11.5 Å². The Hall–Kier alpha value is -3.43. The van der Waals surface area contributed by atoms with Crippen LogP contribution in [0.4, 0.5) is 0 Å². The van der Waals surface area contributed by atoms with Crippen LogP contribution in [-0.2, 0) is 16.0 Å². The zero-order chi connectivity index (χ0) is 26.2. The molecule has 0 saturated carbocycles. The molecule has 0 aromatic heterocycles. The lowest BCUT2D eigenvalue weighted by molar-refractivity contribution is -0.133. The van der Waals surface area contributed by atoms with Crippen molar-refractivity contribution in [1.82, 2.24) is 10.2 Å². The third kappa shape index (κ3) is 3.41. The Morgan fingerprint density at radius 3 is 2.34 bits per heavy atom. The Morgan fingerprint density at radius 2 is 1.77 bits per heavy atom. The molecule has 0 aliphatic heterocycles. The fraction of sp³-hybridized carbons (Fsp3) is 0.423. The molecule has 4 rings (SSSR count). The number of benzene rings is 2. The number of phenolic OH excluding ortho intramolecular Hbond substituents is 2. The van der Waals surface area contributed by atoms with E-state index in [1.54, 1.807) is 53.9 Å². The smallest absolute Gasteiger partial charge is 0.258 e. The number of nitrogens with one attached hydrogen (secondary N) is 1. The van der Waals surface area contributed by atoms with E-state index in [2.05, 4.69) is 5.32 Å². The lowest BCUT2D eigenvalue weighted by Crippen LogP contribution is -2.65. The van der Waals surface area contributed by atoms with Gasteiger partial charge in [-0.25, -0.2) is 0 Å². The highest BCUT2D eigenvalue weighted by atomic mass is 16.3. The van der Waals surface area contributed by atoms with Crippen LogP contribution in [0.5, 0.6) is 11.5 Å². The van der Waals surface area contributed by atoms with Crippen LogP contribution in [0.1, 0.15) is 42.3 Å². The van der Waals surface area contributed by atoms with Gasteiger partial charge in [0.25, 0.3) is 5.91 Å². The number of carbonyl (C=O) groups excluding carboxylic acids is 3. The molecular weight excluding hydrogens is 452 g/mol. The fourth-order valence-electron chi connectivity index (χ4n) is 5.42. The molecule has 0 unspecified atom stereocenters. The van der Waals surface area contributed by atoms with Crippen molar-refractivity contribution in [1.29, 1.82) is 0 Å². The van der Waals surface area contributed by atoms with E-state index in [-0.39, 0.29) is 23.1 Å². The van der Waals surface area contributed by atoms with Gasteiger partial charge in [-0.1, -0.05) is 12.1 Å². The van der Waals surface area contributed by atoms with E-state index in [0.717, 1.165) is 0 Å². The van der Waals surface area contributed by atoms with Gasteiger partial charge in [0.05, 0.1) is 17.0 Å². The van der Waals surface area contributed by atoms with Crippen LogP contribution >= 0.6 is 0 Å². The number of hydrogen-bond donors (Lipinski definition) is 5. The van der Waals surface area contributed by atoms with Crippen LogP contribution in [0.2, 0.25) is 0 Å². The molecule has 0 saturated heterocycles. The number of ketones is 2. The van der Waals surface area contributed by atoms with Crippen molar-refractivity contribution < 1.29 is 34.8 Å². The summed E-state index contributed by atoms with van der Waals surface area (Å²) in [6, 6.07) is 3.57. The number of hydrogen-bond acceptors (Lipinski definition) is 8. The lowest BCUT2D eigenvalue weighted by Gasteiger charge is -2.47. The molecule has 2 aromatic rings. The number of aryl methyl sites for hydroxylation is 1. The molecule has 0 heterocycles. The van der Waals surface area contributed by atoms with Gasteiger partial charge >= 0.3 is 0 Å². The maximum atomic E-state index is 13.9. The zero-order valence-electron chi connectivity index (χ0n) is 20.6. The third-order valence-electron chi connectivity index (χ3n) is 6.97. The molecule has 0 bridgehead atoms. The van der Waals surface area contributed by atoms with Crippen LogP contribution in [0.15, 0.2) is 29.5 Å². The van der Waals surface area contributed by atoms with Gasteiger partial charge in [-0.3, -0.25) is 19.3 Å². The second-order valence-corrected chi connectivity index (χ2v) is 10.6. The van der Waals surface area contributed by atoms with Crippen molar-refractivity contribution in [3.63, 3.8) is 0 Å². The van der Waals surface area contributed by atoms with Gasteiger partial charge in [-0.15, -0.1) is 0 Å². The number of Topliss-reactive ketones (excluding diaryl/α,β-unsaturated/α-hetero) is 2. The summed E-state index contributed by atoms with van der Waals surface area (Å²) in [4.78, 5) is 41.9. The van der Waals surface area contributed by atoms with E-state index >= 15 is 0 Å². The Labute approximate surface area is 202 Å². The first-order chi connectivity index (χ1) is 16.1. The van der Waals surface area contributed by atoms with E-state index in [9.17, 15) is 34.8 Å². The predicted molar refractivity (Wildman–Crippen MR) is 129 cm³/mol. The minimum Gasteiger partial charge on any atom is -0.508 e. The number of aliphatic hydroxyl groups is 2. The quantitative estimate of drug-likeness (QED) is 0.408. The summed E-state index contributed by atoms with van der Waals surface area (Å²) in [6.07, 6.45) is -0.0324. The molecular formula is C26H30N2O7. The molecule has 9 heteroatoms. The second-order valence-electron chi connectivity index (χ2n) is 10.6. The van der Waals surface area contributed by atoms with Gasteiger partial charge in [0.1, 0.15) is 22.8 Å². The zero-order valence-corrected chi connectivity index (χ0v) is 20.6. The van der Waals surface area contributed by atoms with Crippen LogP contribution in [-0.4, -0.2) is 74.1 Å². The first-order valence-electron chi connectivity index (χ1n) is 11.3. The van der Waals surface area contributed by atoms with Crippen molar-refractivity contribution in [2.45, 2.75) is 51.3 Å². The summed E-state index contributed by atoms with van der Waals surface area (Å²) in [5, 5.41) is 47.6. The number of carbonyl (C=O) groups is 3. The Morgan fingerprint density at radius 1 is 1.14 bits per heavy atom. The molecule has 2 aliphatic carbocycles. The average molecular weight is 483 g/mol. The molecule has 2 aromatic carbocycles. The van der Waals surface area contributed by atoms with Crippen molar-refractivity contribution in [2.24, 2.45) is 5.92 Å². The van der Waals surface area contributed by atoms with E-state index in [0.29, 0.717) is 16.5 Å². The summed E-state index contributed by atoms with van der Waals surface area (Å²) in [7, 11) is 3.18. The molecule has 0 radical (unpaired) electrons. The molecule has 1 amide bonds. The second kappa shape index (κ2) is 7.79. The highest BCUT2D eigenvalue weighted by Crippen LogP contribution is 2.50. The number of likely N-dealkylation sites (N-methyl/N-ethyl adjacent to an activating group) is 1. The van der Waals surface area contributed by atoms with Gasteiger partial charge in [-0.05, 0) is 70.8 Å². The summed E-state index contributed by atoms with van der Waals surface area (Å²) in [5.74, 6) is -5.58. The normalized spacial score (nSPS) is 24.6. The molecule has 3 atom stereocenters. The largest absolute Gasteiger partial charge is 0.508 e. The van der Waals surface area contributed by atoms with Crippen molar-refractivity contribution in [2.75, 3.05) is 14.1 Å². The SMILES string of the molecule is Cc1c2c(c(O)c3c(O)cccc13)C(=O)[C@]1(O)C(O)=C(C(=O)NC(C)(C)C)C(=O)[C@@H](N(C)C)[C@@H]1C2. The summed E-state index contributed by atoms with van der Waals surface area (Å²) < 4.78 is 0. The van der Waals surface area contributed by atoms with Crippen molar-refractivity contribution in [3.8, 4) is 11.5 Å². The highest BCUT2D eigenvalue weighted by Gasteiger charge is 2.62. The number of rotatable bonds is 2. The molecule has 9 nitrogen and oxygen atoms in total. The van der Waals surface area contributed by atoms with Crippen LogP contribution in [0.3, 0.4) is 0 Å². The summed E-state index contributed by atoms with van der Waals surface area (Å²) in [5.41, 5.74) is -3.31. The number of aliphatic hydroxyl groups excluding tert-OH is 1. The molecule has 0 fully saturated rings. The van der Waals surface area contributed by atoms with Crippen molar-refractivity contribution >= 4 is 28.2 Å². The molecule has 186 valence electrons. The van der Waals surface area contributed by atoms with Gasteiger partial charge < -0.3 is 25.7 Å². The number of fused-ring (bicyclic) bond motifs is 3. The van der Waals surface area contributed by atoms with E-state index in [1.165, 1.54) is 11.0 Å². The Kier molecular flexibility index (Phi) is 5.50. The van der Waals surface area contributed by atoms with E-state index < -0.39 is 57.7 Å². The molecule has 0 spiro atoms. The predicted octanol–water partition coefficient (Wildman–Crippen LogP) is 1.89. The van der Waals surface area contributed by atoms with Crippen LogP contribution in [0.25, 0.3) is 10.8 Å². The topological polar surface area (TPSA) is 147 Å². The maximum Gasteiger partial charge on any atom is 0.258 e. The first-order valence-corrected chi connectivity index (χ1v) is 11.3. The van der Waals surface area contributed by atoms with Gasteiger partial charge in [-0.2, -0.15) is 0 Å². The number of phenols is 2. The third-order valence-corrected chi connectivity index (χ3v) is 6.97. The van der Waals surface area contributed by atoms with Gasteiger partial charge in [0.2, 0.25) is 5.78 Å². The number of nitrogens with zero attached hydrogens (tertiary/aromatic N) is 1. The fourth-order valence-corrected chi connectivity index (χ4v) is 5.42. The lowest BCUT2D eigenvalue weighted by atomic mass is 9.61. The standard InChI is InChI=1S/C26H30N2O7/c1-11-12-8-7-9-15(29)16(12)20(30)17-13(11)10-14-19(28(5)6)21(31)18(24(34)27-25(2,3)4)23(33)26(14,35)22(17)32/h7-9,14,19,29-30,33,35H,10H2,1-6H3,(H,27,34)/t14-,19-,26-/m0/s1. The number of amides is 1. The molecule has 2 aliphatic rings. The Bertz CT molecular complexity index is 1340. The first kappa shape index (κ1) is 24.7. The minimum absolute atomic E-state index is 0.0324. The van der Waals surface area contributed by atoms with E-state index in [4.69, 9.17) is 0 Å². The van der Waals surface area contributed by atoms with Gasteiger partial charge in [0.15, 0.2) is 11.4 Å². The molecule has 35 heavy (non-hydrogen) atoms. The minimum atomic E-state index is -2.64.